The summed E-state index contributed by atoms with van der Waals surface area (Å²) in [5.41, 5.74) is 4.80. The van der Waals surface area contributed by atoms with Gasteiger partial charge in [-0.1, -0.05) is 32.1 Å². The van der Waals surface area contributed by atoms with Gasteiger partial charge >= 0.3 is 0 Å². The molecule has 3 heterocycles. The first-order valence-electron chi connectivity index (χ1n) is 9.26. The highest BCUT2D eigenvalue weighted by Gasteiger charge is 2.10. The van der Waals surface area contributed by atoms with E-state index in [0.29, 0.717) is 0 Å². The molecule has 6 nitrogen and oxygen atoms in total. The van der Waals surface area contributed by atoms with Crippen molar-refractivity contribution in [2.24, 2.45) is 7.05 Å². The molecule has 0 aliphatic rings. The van der Waals surface area contributed by atoms with Crippen molar-refractivity contribution < 1.29 is 0 Å². The second-order valence-electron chi connectivity index (χ2n) is 6.62. The van der Waals surface area contributed by atoms with Crippen LogP contribution < -0.4 is 10.5 Å². The zero-order valence-electron chi connectivity index (χ0n) is 16.5. The lowest BCUT2D eigenvalue weighted by atomic mass is 10.1. The van der Waals surface area contributed by atoms with Crippen molar-refractivity contribution in [2.45, 2.75) is 19.8 Å². The first-order valence-corrected chi connectivity index (χ1v) is 9.26. The topological polar surface area (TPSA) is 66.8 Å². The number of anilines is 1. The fraction of sp³-hybridized carbons (Fsp3) is 0.227. The highest BCUT2D eigenvalue weighted by atomic mass is 16.1. The van der Waals surface area contributed by atoms with Gasteiger partial charge in [0.15, 0.2) is 0 Å². The second-order valence-corrected chi connectivity index (χ2v) is 6.62. The van der Waals surface area contributed by atoms with Crippen molar-refractivity contribution in [1.82, 2.24) is 19.5 Å². The molecule has 28 heavy (non-hydrogen) atoms. The predicted molar refractivity (Wildman–Crippen MR) is 115 cm³/mol. The zero-order valence-corrected chi connectivity index (χ0v) is 16.5. The summed E-state index contributed by atoms with van der Waals surface area (Å²) < 4.78 is 1.99. The summed E-state index contributed by atoms with van der Waals surface area (Å²) in [6, 6.07) is 5.36. The molecule has 0 unspecified atom stereocenters. The summed E-state index contributed by atoms with van der Waals surface area (Å²) in [6.07, 6.45) is 13.1. The largest absolute Gasteiger partial charge is 0.334 e. The minimum Gasteiger partial charge on any atom is -0.334 e. The zero-order chi connectivity index (χ0) is 20.1. The molecule has 0 saturated carbocycles. The number of H-pyrrole nitrogens is 1. The van der Waals surface area contributed by atoms with Crippen LogP contribution in [0.1, 0.15) is 25.3 Å². The van der Waals surface area contributed by atoms with Crippen LogP contribution >= 0.6 is 0 Å². The van der Waals surface area contributed by atoms with Crippen molar-refractivity contribution >= 4 is 22.4 Å². The maximum atomic E-state index is 11.3. The number of aromatic nitrogens is 4. The smallest absolute Gasteiger partial charge is 0.247 e. The Kier molecular flexibility index (Phi) is 5.89. The van der Waals surface area contributed by atoms with Crippen molar-refractivity contribution in [3.05, 3.63) is 83.3 Å². The second kappa shape index (κ2) is 8.52. The van der Waals surface area contributed by atoms with E-state index in [-0.39, 0.29) is 5.56 Å². The van der Waals surface area contributed by atoms with E-state index in [2.05, 4.69) is 39.4 Å². The van der Waals surface area contributed by atoms with E-state index in [1.807, 2.05) is 30.8 Å². The number of aryl methyl sites for hydroxylation is 1. The Balaban J connectivity index is 1.95. The average Bonchev–Trinajstić information content (AvgIpc) is 3.08. The van der Waals surface area contributed by atoms with Gasteiger partial charge in [-0.15, -0.1) is 0 Å². The lowest BCUT2D eigenvalue weighted by Crippen LogP contribution is -2.17. The van der Waals surface area contributed by atoms with Crippen LogP contribution in [0.25, 0.3) is 16.6 Å². The Morgan fingerprint density at radius 2 is 2.14 bits per heavy atom. The lowest BCUT2D eigenvalue weighted by molar-refractivity contribution is 0.852. The Labute approximate surface area is 164 Å². The Hall–Kier alpha value is -3.41. The van der Waals surface area contributed by atoms with Gasteiger partial charge in [0.2, 0.25) is 5.56 Å². The number of fused-ring (bicyclic) bond motifs is 1. The third-order valence-electron chi connectivity index (χ3n) is 4.67. The summed E-state index contributed by atoms with van der Waals surface area (Å²) in [6.45, 7) is 6.05. The lowest BCUT2D eigenvalue weighted by Gasteiger charge is -2.21. The van der Waals surface area contributed by atoms with E-state index in [1.54, 1.807) is 30.9 Å². The molecule has 0 aliphatic heterocycles. The van der Waals surface area contributed by atoms with Crippen LogP contribution in [0, 0.1) is 0 Å². The molecule has 0 aliphatic carbocycles. The SMILES string of the molecule is C=C/C(=C\C=C(/CCC)N(C)c1cc2c(cn1)ncn2C)c1ccc(=O)[nH]c1. The van der Waals surface area contributed by atoms with E-state index >= 15 is 0 Å². The molecule has 0 fully saturated rings. The van der Waals surface area contributed by atoms with Crippen LogP contribution in [0.15, 0.2) is 72.2 Å². The van der Waals surface area contributed by atoms with Crippen LogP contribution in [0.3, 0.4) is 0 Å². The minimum atomic E-state index is -0.120. The van der Waals surface area contributed by atoms with Crippen molar-refractivity contribution in [2.75, 3.05) is 11.9 Å². The van der Waals surface area contributed by atoms with Crippen LogP contribution in [-0.4, -0.2) is 26.6 Å². The van der Waals surface area contributed by atoms with Crippen LogP contribution in [0.5, 0.6) is 0 Å². The molecule has 1 N–H and O–H groups in total. The van der Waals surface area contributed by atoms with Crippen LogP contribution in [-0.2, 0) is 7.05 Å². The highest BCUT2D eigenvalue weighted by molar-refractivity contribution is 5.78. The average molecular weight is 375 g/mol. The van der Waals surface area contributed by atoms with Gasteiger partial charge < -0.3 is 14.5 Å². The summed E-state index contributed by atoms with van der Waals surface area (Å²) >= 11 is 0. The van der Waals surface area contributed by atoms with Gasteiger partial charge in [-0.25, -0.2) is 9.97 Å². The van der Waals surface area contributed by atoms with E-state index in [1.165, 1.54) is 6.07 Å². The molecule has 0 spiro atoms. The number of rotatable bonds is 7. The number of pyridine rings is 2. The Morgan fingerprint density at radius 3 is 2.82 bits per heavy atom. The summed E-state index contributed by atoms with van der Waals surface area (Å²) in [7, 11) is 4.00. The van der Waals surface area contributed by atoms with E-state index in [4.69, 9.17) is 0 Å². The summed E-state index contributed by atoms with van der Waals surface area (Å²) in [5.74, 6) is 0.869. The number of nitrogens with one attached hydrogen (secondary N) is 1. The van der Waals surface area contributed by atoms with Crippen molar-refractivity contribution in [1.29, 1.82) is 0 Å². The molecule has 0 radical (unpaired) electrons. The minimum absolute atomic E-state index is 0.120. The number of nitrogens with zero attached hydrogens (tertiary/aromatic N) is 4. The fourth-order valence-electron chi connectivity index (χ4n) is 3.03. The van der Waals surface area contributed by atoms with Crippen molar-refractivity contribution in [3.8, 4) is 0 Å². The molecule has 144 valence electrons. The number of aromatic amines is 1. The molecule has 0 aromatic carbocycles. The monoisotopic (exact) mass is 375 g/mol. The molecular weight excluding hydrogens is 350 g/mol. The summed E-state index contributed by atoms with van der Waals surface area (Å²) in [5, 5.41) is 0. The van der Waals surface area contributed by atoms with Gasteiger partial charge in [0.25, 0.3) is 0 Å². The fourth-order valence-corrected chi connectivity index (χ4v) is 3.03. The van der Waals surface area contributed by atoms with Gasteiger partial charge in [-0.05, 0) is 29.7 Å². The van der Waals surface area contributed by atoms with Gasteiger partial charge in [0, 0.05) is 38.1 Å². The normalized spacial score (nSPS) is 12.4. The molecule has 6 heteroatoms. The van der Waals surface area contributed by atoms with Crippen LogP contribution in [0.2, 0.25) is 0 Å². The highest BCUT2D eigenvalue weighted by Crippen LogP contribution is 2.23. The molecule has 0 amide bonds. The number of hydrogen-bond acceptors (Lipinski definition) is 4. The maximum absolute atomic E-state index is 11.3. The molecular formula is C22H25N5O. The number of allylic oxidation sites excluding steroid dienone is 5. The molecule has 0 atom stereocenters. The van der Waals surface area contributed by atoms with Gasteiger partial charge in [0.05, 0.1) is 18.0 Å². The van der Waals surface area contributed by atoms with Gasteiger partial charge in [0.1, 0.15) is 11.3 Å². The van der Waals surface area contributed by atoms with Gasteiger partial charge in [-0.2, -0.15) is 0 Å². The van der Waals surface area contributed by atoms with Crippen LogP contribution in [0.4, 0.5) is 5.82 Å². The standard InChI is InChI=1S/C22H25N5O/c1-5-7-18(10-8-16(6-2)17-9-11-22(28)24-13-17)27(4)21-12-20-19(14-23-21)25-15-26(20)3/h6,8-15H,2,5,7H2,1,3-4H3,(H,24,28)/b16-8+,18-10+. The molecule has 3 aromatic rings. The van der Waals surface area contributed by atoms with Gasteiger partial charge in [-0.3, -0.25) is 4.79 Å². The third kappa shape index (κ3) is 4.11. The number of imidazole rings is 1. The third-order valence-corrected chi connectivity index (χ3v) is 4.67. The summed E-state index contributed by atoms with van der Waals surface area (Å²) in [4.78, 5) is 25.0. The first-order chi connectivity index (χ1) is 13.5. The van der Waals surface area contributed by atoms with Crippen molar-refractivity contribution in [3.63, 3.8) is 0 Å². The first kappa shape index (κ1) is 19.4. The van der Waals surface area contributed by atoms with E-state index in [0.717, 1.165) is 46.5 Å². The quantitative estimate of drug-likeness (QED) is 0.633. The Bertz CT molecular complexity index is 1080. The van der Waals surface area contributed by atoms with E-state index in [9.17, 15) is 4.79 Å². The molecule has 3 aromatic heterocycles. The maximum Gasteiger partial charge on any atom is 0.247 e. The molecule has 0 bridgehead atoms. The molecule has 3 rings (SSSR count). The number of hydrogen-bond donors (Lipinski definition) is 1. The van der Waals surface area contributed by atoms with E-state index < -0.39 is 0 Å². The molecule has 0 saturated heterocycles. The predicted octanol–water partition coefficient (Wildman–Crippen LogP) is 4.05. The Morgan fingerprint density at radius 1 is 1.32 bits per heavy atom.